The fourth-order valence-corrected chi connectivity index (χ4v) is 3.15. The van der Waals surface area contributed by atoms with Gasteiger partial charge >= 0.3 is 0 Å². The molecule has 0 atom stereocenters. The number of anilines is 1. The van der Waals surface area contributed by atoms with E-state index in [0.29, 0.717) is 0 Å². The molecule has 1 aliphatic rings. The van der Waals surface area contributed by atoms with E-state index < -0.39 is 0 Å². The van der Waals surface area contributed by atoms with Crippen LogP contribution >= 0.6 is 0 Å². The molecule has 0 unspecified atom stereocenters. The van der Waals surface area contributed by atoms with Gasteiger partial charge in [0.2, 0.25) is 0 Å². The summed E-state index contributed by atoms with van der Waals surface area (Å²) < 4.78 is 7.61. The van der Waals surface area contributed by atoms with Crippen molar-refractivity contribution in [1.82, 2.24) is 14.5 Å². The lowest BCUT2D eigenvalue weighted by Crippen LogP contribution is -2.08. The molecule has 3 heterocycles. The number of benzene rings is 1. The van der Waals surface area contributed by atoms with Crippen LogP contribution in [-0.2, 0) is 19.5 Å². The molecule has 5 nitrogen and oxygen atoms in total. The molecule has 1 N–H and O–H groups in total. The maximum Gasteiger partial charge on any atom is 0.119 e. The van der Waals surface area contributed by atoms with Crippen molar-refractivity contribution in [3.05, 3.63) is 48.2 Å². The number of imidazole rings is 1. The summed E-state index contributed by atoms with van der Waals surface area (Å²) in [4.78, 5) is 9.15. The Morgan fingerprint density at radius 3 is 3.09 bits per heavy atom. The van der Waals surface area contributed by atoms with Gasteiger partial charge in [0.1, 0.15) is 11.6 Å². The van der Waals surface area contributed by atoms with E-state index in [4.69, 9.17) is 9.72 Å². The van der Waals surface area contributed by atoms with E-state index in [1.165, 1.54) is 18.7 Å². The number of fused-ring (bicyclic) bond motifs is 2. The minimum Gasteiger partial charge on any atom is -0.497 e. The SMILES string of the molecule is COc1ccc2nccc(NCc3cn4c(n3)CCCC4)c2c1. The van der Waals surface area contributed by atoms with Crippen LogP contribution in [0.2, 0.25) is 0 Å². The molecule has 0 fully saturated rings. The van der Waals surface area contributed by atoms with Crippen molar-refractivity contribution in [3.63, 3.8) is 0 Å². The predicted molar refractivity (Wildman–Crippen MR) is 90.8 cm³/mol. The van der Waals surface area contributed by atoms with E-state index in [-0.39, 0.29) is 0 Å². The minimum atomic E-state index is 0.719. The normalized spacial score (nSPS) is 13.8. The zero-order chi connectivity index (χ0) is 15.6. The van der Waals surface area contributed by atoms with Crippen molar-refractivity contribution in [2.75, 3.05) is 12.4 Å². The summed E-state index contributed by atoms with van der Waals surface area (Å²) in [5, 5.41) is 4.56. The molecule has 5 heteroatoms. The van der Waals surface area contributed by atoms with E-state index >= 15 is 0 Å². The summed E-state index contributed by atoms with van der Waals surface area (Å²) in [6, 6.07) is 7.93. The van der Waals surface area contributed by atoms with E-state index in [9.17, 15) is 0 Å². The van der Waals surface area contributed by atoms with Crippen LogP contribution < -0.4 is 10.1 Å². The van der Waals surface area contributed by atoms with Crippen molar-refractivity contribution >= 4 is 16.6 Å². The van der Waals surface area contributed by atoms with Crippen LogP contribution in [0.1, 0.15) is 24.4 Å². The molecule has 23 heavy (non-hydrogen) atoms. The van der Waals surface area contributed by atoms with Gasteiger partial charge in [-0.2, -0.15) is 0 Å². The van der Waals surface area contributed by atoms with Gasteiger partial charge in [0.15, 0.2) is 0 Å². The van der Waals surface area contributed by atoms with Gasteiger partial charge in [-0.05, 0) is 37.1 Å². The van der Waals surface area contributed by atoms with Gasteiger partial charge in [0.25, 0.3) is 0 Å². The highest BCUT2D eigenvalue weighted by molar-refractivity contribution is 5.92. The first-order valence-corrected chi connectivity index (χ1v) is 8.05. The second-order valence-corrected chi connectivity index (χ2v) is 5.89. The van der Waals surface area contributed by atoms with Crippen LogP contribution in [0, 0.1) is 0 Å². The zero-order valence-electron chi connectivity index (χ0n) is 13.2. The molecular formula is C18H20N4O. The molecular weight excluding hydrogens is 288 g/mol. The lowest BCUT2D eigenvalue weighted by atomic mass is 10.1. The van der Waals surface area contributed by atoms with Gasteiger partial charge in [-0.1, -0.05) is 0 Å². The van der Waals surface area contributed by atoms with Crippen molar-refractivity contribution in [2.24, 2.45) is 0 Å². The van der Waals surface area contributed by atoms with E-state index in [2.05, 4.69) is 21.1 Å². The summed E-state index contributed by atoms with van der Waals surface area (Å²) in [5.41, 5.74) is 3.11. The quantitative estimate of drug-likeness (QED) is 0.802. The molecule has 4 rings (SSSR count). The Balaban J connectivity index is 1.58. The number of aryl methyl sites for hydroxylation is 2. The number of nitrogens with zero attached hydrogens (tertiary/aromatic N) is 3. The second kappa shape index (κ2) is 5.91. The van der Waals surface area contributed by atoms with Gasteiger partial charge < -0.3 is 14.6 Å². The third-order valence-electron chi connectivity index (χ3n) is 4.37. The molecule has 0 aliphatic carbocycles. The Hall–Kier alpha value is -2.56. The first-order chi connectivity index (χ1) is 11.3. The molecule has 2 aromatic heterocycles. The highest BCUT2D eigenvalue weighted by atomic mass is 16.5. The lowest BCUT2D eigenvalue weighted by Gasteiger charge is -2.11. The maximum atomic E-state index is 5.32. The molecule has 1 aliphatic heterocycles. The average molecular weight is 308 g/mol. The Bertz CT molecular complexity index is 817. The fourth-order valence-electron chi connectivity index (χ4n) is 3.15. The maximum absolute atomic E-state index is 5.32. The number of rotatable bonds is 4. The molecule has 0 saturated heterocycles. The zero-order valence-corrected chi connectivity index (χ0v) is 13.2. The predicted octanol–water partition coefficient (Wildman–Crippen LogP) is 3.39. The molecule has 118 valence electrons. The molecule has 0 spiro atoms. The standard InChI is InChI=1S/C18H20N4O/c1-23-14-5-6-16-15(10-14)17(7-8-19-16)20-11-13-12-22-9-3-2-4-18(22)21-13/h5-8,10,12H,2-4,9,11H2,1H3,(H,19,20). The van der Waals surface area contributed by atoms with Crippen molar-refractivity contribution in [3.8, 4) is 5.75 Å². The lowest BCUT2D eigenvalue weighted by molar-refractivity contribution is 0.415. The molecule has 1 aromatic carbocycles. The van der Waals surface area contributed by atoms with Gasteiger partial charge in [-0.25, -0.2) is 4.98 Å². The molecule has 0 saturated carbocycles. The third-order valence-corrected chi connectivity index (χ3v) is 4.37. The molecule has 3 aromatic rings. The number of hydrogen-bond acceptors (Lipinski definition) is 4. The minimum absolute atomic E-state index is 0.719. The highest BCUT2D eigenvalue weighted by Crippen LogP contribution is 2.26. The third kappa shape index (κ3) is 2.74. The fraction of sp³-hybridized carbons (Fsp3) is 0.333. The number of pyridine rings is 1. The molecule has 0 bridgehead atoms. The van der Waals surface area contributed by atoms with Gasteiger partial charge in [0.05, 0.1) is 24.9 Å². The number of hydrogen-bond donors (Lipinski definition) is 1. The summed E-state index contributed by atoms with van der Waals surface area (Å²) >= 11 is 0. The van der Waals surface area contributed by atoms with Crippen LogP contribution in [0.25, 0.3) is 10.9 Å². The number of ether oxygens (including phenoxy) is 1. The Kier molecular flexibility index (Phi) is 3.61. The summed E-state index contributed by atoms with van der Waals surface area (Å²) in [7, 11) is 1.68. The highest BCUT2D eigenvalue weighted by Gasteiger charge is 2.12. The van der Waals surface area contributed by atoms with Gasteiger partial charge in [-0.3, -0.25) is 4.98 Å². The van der Waals surface area contributed by atoms with E-state index in [1.807, 2.05) is 30.5 Å². The molecule has 0 amide bonds. The number of aromatic nitrogens is 3. The second-order valence-electron chi connectivity index (χ2n) is 5.89. The van der Waals surface area contributed by atoms with Crippen LogP contribution in [0.4, 0.5) is 5.69 Å². The van der Waals surface area contributed by atoms with Gasteiger partial charge in [0, 0.05) is 36.4 Å². The number of nitrogens with one attached hydrogen (secondary N) is 1. The summed E-state index contributed by atoms with van der Waals surface area (Å²) in [5.74, 6) is 2.06. The first-order valence-electron chi connectivity index (χ1n) is 8.05. The van der Waals surface area contributed by atoms with Crippen molar-refractivity contribution in [1.29, 1.82) is 0 Å². The van der Waals surface area contributed by atoms with Crippen LogP contribution in [-0.4, -0.2) is 21.6 Å². The van der Waals surface area contributed by atoms with Crippen molar-refractivity contribution < 1.29 is 4.74 Å². The summed E-state index contributed by atoms with van der Waals surface area (Å²) in [6.45, 7) is 1.81. The van der Waals surface area contributed by atoms with Crippen LogP contribution in [0.3, 0.4) is 0 Å². The van der Waals surface area contributed by atoms with Gasteiger partial charge in [-0.15, -0.1) is 0 Å². The van der Waals surface area contributed by atoms with E-state index in [0.717, 1.165) is 47.5 Å². The van der Waals surface area contributed by atoms with Crippen LogP contribution in [0.5, 0.6) is 5.75 Å². The summed E-state index contributed by atoms with van der Waals surface area (Å²) in [6.07, 6.45) is 7.60. The van der Waals surface area contributed by atoms with E-state index in [1.54, 1.807) is 7.11 Å². The molecule has 0 radical (unpaired) electrons. The first kappa shape index (κ1) is 14.1. The smallest absolute Gasteiger partial charge is 0.119 e. The Morgan fingerprint density at radius 1 is 1.26 bits per heavy atom. The Morgan fingerprint density at radius 2 is 2.22 bits per heavy atom. The Labute approximate surface area is 135 Å². The largest absolute Gasteiger partial charge is 0.497 e. The van der Waals surface area contributed by atoms with Crippen LogP contribution in [0.15, 0.2) is 36.7 Å². The topological polar surface area (TPSA) is 52.0 Å². The number of methoxy groups -OCH3 is 1. The monoisotopic (exact) mass is 308 g/mol. The van der Waals surface area contributed by atoms with Crippen molar-refractivity contribution in [2.45, 2.75) is 32.4 Å². The average Bonchev–Trinajstić information content (AvgIpc) is 3.02.